The van der Waals surface area contributed by atoms with Crippen molar-refractivity contribution in [3.63, 3.8) is 0 Å². The van der Waals surface area contributed by atoms with Crippen LogP contribution in [0.15, 0.2) is 83.8 Å². The second-order valence-corrected chi connectivity index (χ2v) is 8.74. The molecule has 7 nitrogen and oxygen atoms in total. The molecule has 0 atom stereocenters. The van der Waals surface area contributed by atoms with Gasteiger partial charge in [-0.25, -0.2) is 13.1 Å². The summed E-state index contributed by atoms with van der Waals surface area (Å²) in [5, 5.41) is 2.74. The van der Waals surface area contributed by atoms with Gasteiger partial charge in [0.05, 0.1) is 4.90 Å². The topological polar surface area (TPSA) is 93.7 Å². The second-order valence-electron chi connectivity index (χ2n) is 7.02. The Morgan fingerprint density at radius 2 is 1.42 bits per heavy atom. The number of hydrogen-bond acceptors (Lipinski definition) is 5. The van der Waals surface area contributed by atoms with Gasteiger partial charge >= 0.3 is 0 Å². The molecule has 1 amide bonds. The van der Waals surface area contributed by atoms with Crippen LogP contribution < -0.4 is 19.5 Å². The molecular weight excluding hydrogens is 416 g/mol. The summed E-state index contributed by atoms with van der Waals surface area (Å²) in [6, 6.07) is 22.1. The molecule has 0 bridgehead atoms. The molecular formula is C23H24N2O5S. The lowest BCUT2D eigenvalue weighted by atomic mass is 10.3. The van der Waals surface area contributed by atoms with Crippen LogP contribution in [-0.2, 0) is 14.8 Å². The zero-order valence-corrected chi connectivity index (χ0v) is 18.1. The third-order valence-corrected chi connectivity index (χ3v) is 5.69. The van der Waals surface area contributed by atoms with Crippen molar-refractivity contribution in [1.82, 2.24) is 4.72 Å². The van der Waals surface area contributed by atoms with Crippen LogP contribution in [0, 0.1) is 0 Å². The lowest BCUT2D eigenvalue weighted by Gasteiger charge is -2.11. The molecule has 0 radical (unpaired) electrons. The third kappa shape index (κ3) is 6.84. The summed E-state index contributed by atoms with van der Waals surface area (Å²) < 4.78 is 37.9. The standard InChI is InChI=1S/C23H24N2O5S/c1-17(2)25-31(27,28)22-14-12-19(13-15-22)29-16-23(26)24-18-8-10-21(11-9-18)30-20-6-4-3-5-7-20/h3-15,17,25H,16H2,1-2H3,(H,24,26). The van der Waals surface area contributed by atoms with E-state index in [0.29, 0.717) is 17.2 Å². The van der Waals surface area contributed by atoms with Gasteiger partial charge in [-0.2, -0.15) is 0 Å². The largest absolute Gasteiger partial charge is 0.484 e. The first-order valence-electron chi connectivity index (χ1n) is 9.70. The van der Waals surface area contributed by atoms with Gasteiger partial charge in [-0.3, -0.25) is 4.79 Å². The maximum absolute atomic E-state index is 12.1. The predicted octanol–water partition coefficient (Wildman–Crippen LogP) is 4.18. The Balaban J connectivity index is 1.50. The van der Waals surface area contributed by atoms with E-state index in [-0.39, 0.29) is 23.5 Å². The number of carbonyl (C=O) groups excluding carboxylic acids is 1. The summed E-state index contributed by atoms with van der Waals surface area (Å²) in [4.78, 5) is 12.3. The van der Waals surface area contributed by atoms with Gasteiger partial charge in [0.2, 0.25) is 10.0 Å². The summed E-state index contributed by atoms with van der Waals surface area (Å²) in [5.74, 6) is 1.44. The number of sulfonamides is 1. The zero-order valence-electron chi connectivity index (χ0n) is 17.2. The highest BCUT2D eigenvalue weighted by Crippen LogP contribution is 2.22. The van der Waals surface area contributed by atoms with E-state index in [0.717, 1.165) is 5.75 Å². The normalized spacial score (nSPS) is 11.2. The summed E-state index contributed by atoms with van der Waals surface area (Å²) in [6.07, 6.45) is 0. The first-order chi connectivity index (χ1) is 14.8. The molecule has 2 N–H and O–H groups in total. The van der Waals surface area contributed by atoms with E-state index in [4.69, 9.17) is 9.47 Å². The molecule has 0 aliphatic carbocycles. The first kappa shape index (κ1) is 22.3. The summed E-state index contributed by atoms with van der Waals surface area (Å²) >= 11 is 0. The van der Waals surface area contributed by atoms with E-state index in [1.165, 1.54) is 24.3 Å². The maximum Gasteiger partial charge on any atom is 0.262 e. The third-order valence-electron chi connectivity index (χ3n) is 4.01. The molecule has 0 saturated carbocycles. The van der Waals surface area contributed by atoms with Crippen LogP contribution in [0.25, 0.3) is 0 Å². The number of nitrogens with one attached hydrogen (secondary N) is 2. The van der Waals surface area contributed by atoms with Crippen molar-refractivity contribution in [1.29, 1.82) is 0 Å². The lowest BCUT2D eigenvalue weighted by molar-refractivity contribution is -0.118. The van der Waals surface area contributed by atoms with E-state index >= 15 is 0 Å². The SMILES string of the molecule is CC(C)NS(=O)(=O)c1ccc(OCC(=O)Nc2ccc(Oc3ccccc3)cc2)cc1. The van der Waals surface area contributed by atoms with Crippen molar-refractivity contribution in [2.75, 3.05) is 11.9 Å². The van der Waals surface area contributed by atoms with Crippen molar-refractivity contribution in [2.45, 2.75) is 24.8 Å². The maximum atomic E-state index is 12.1. The fourth-order valence-electron chi connectivity index (χ4n) is 2.67. The van der Waals surface area contributed by atoms with Gasteiger partial charge in [-0.05, 0) is 74.5 Å². The fourth-order valence-corrected chi connectivity index (χ4v) is 3.92. The first-order valence-corrected chi connectivity index (χ1v) is 11.2. The number of para-hydroxylation sites is 1. The highest BCUT2D eigenvalue weighted by molar-refractivity contribution is 7.89. The molecule has 0 aromatic heterocycles. The van der Waals surface area contributed by atoms with E-state index in [1.807, 2.05) is 30.3 Å². The van der Waals surface area contributed by atoms with Crippen LogP contribution in [0.4, 0.5) is 5.69 Å². The Kier molecular flexibility index (Phi) is 7.28. The van der Waals surface area contributed by atoms with Crippen LogP contribution >= 0.6 is 0 Å². The van der Waals surface area contributed by atoms with Crippen LogP contribution in [-0.4, -0.2) is 27.0 Å². The molecule has 3 rings (SSSR count). The van der Waals surface area contributed by atoms with E-state index in [1.54, 1.807) is 38.1 Å². The smallest absolute Gasteiger partial charge is 0.262 e. The number of rotatable bonds is 9. The summed E-state index contributed by atoms with van der Waals surface area (Å²) in [5.41, 5.74) is 0.607. The Hall–Kier alpha value is -3.36. The van der Waals surface area contributed by atoms with Crippen molar-refractivity contribution < 1.29 is 22.7 Å². The van der Waals surface area contributed by atoms with Crippen molar-refractivity contribution >= 4 is 21.6 Å². The average molecular weight is 441 g/mol. The van der Waals surface area contributed by atoms with Gasteiger partial charge in [0, 0.05) is 11.7 Å². The lowest BCUT2D eigenvalue weighted by Crippen LogP contribution is -2.30. The Labute approximate surface area is 182 Å². The minimum Gasteiger partial charge on any atom is -0.484 e. The molecule has 0 aliphatic heterocycles. The quantitative estimate of drug-likeness (QED) is 0.521. The van der Waals surface area contributed by atoms with Crippen LogP contribution in [0.3, 0.4) is 0 Å². The van der Waals surface area contributed by atoms with Gasteiger partial charge < -0.3 is 14.8 Å². The molecule has 0 saturated heterocycles. The Morgan fingerprint density at radius 3 is 2.03 bits per heavy atom. The molecule has 8 heteroatoms. The van der Waals surface area contributed by atoms with Crippen LogP contribution in [0.1, 0.15) is 13.8 Å². The van der Waals surface area contributed by atoms with Crippen molar-refractivity contribution in [3.05, 3.63) is 78.9 Å². The number of hydrogen-bond donors (Lipinski definition) is 2. The highest BCUT2D eigenvalue weighted by atomic mass is 32.2. The predicted molar refractivity (Wildman–Crippen MR) is 119 cm³/mol. The number of amides is 1. The molecule has 0 heterocycles. The minimum atomic E-state index is -3.57. The summed E-state index contributed by atoms with van der Waals surface area (Å²) in [6.45, 7) is 3.29. The molecule has 31 heavy (non-hydrogen) atoms. The molecule has 3 aromatic rings. The molecule has 0 fully saturated rings. The fraction of sp³-hybridized carbons (Fsp3) is 0.174. The summed E-state index contributed by atoms with van der Waals surface area (Å²) in [7, 11) is -3.57. The monoisotopic (exact) mass is 440 g/mol. The minimum absolute atomic E-state index is 0.135. The van der Waals surface area contributed by atoms with Gasteiger partial charge in [0.1, 0.15) is 17.2 Å². The van der Waals surface area contributed by atoms with E-state index in [9.17, 15) is 13.2 Å². The Morgan fingerprint density at radius 1 is 0.839 bits per heavy atom. The molecule has 0 aliphatic rings. The zero-order chi connectivity index (χ0) is 22.3. The molecule has 0 spiro atoms. The second kappa shape index (κ2) is 10.1. The number of anilines is 1. The van der Waals surface area contributed by atoms with Crippen LogP contribution in [0.5, 0.6) is 17.2 Å². The Bertz CT molecular complexity index is 1100. The number of benzene rings is 3. The molecule has 3 aromatic carbocycles. The van der Waals surface area contributed by atoms with Crippen molar-refractivity contribution in [2.24, 2.45) is 0 Å². The number of carbonyl (C=O) groups is 1. The van der Waals surface area contributed by atoms with E-state index in [2.05, 4.69) is 10.0 Å². The van der Waals surface area contributed by atoms with Gasteiger partial charge in [-0.15, -0.1) is 0 Å². The van der Waals surface area contributed by atoms with E-state index < -0.39 is 10.0 Å². The van der Waals surface area contributed by atoms with Gasteiger partial charge in [0.25, 0.3) is 5.91 Å². The van der Waals surface area contributed by atoms with Gasteiger partial charge in [-0.1, -0.05) is 18.2 Å². The molecule has 0 unspecified atom stereocenters. The average Bonchev–Trinajstić information content (AvgIpc) is 2.74. The van der Waals surface area contributed by atoms with Crippen molar-refractivity contribution in [3.8, 4) is 17.2 Å². The number of ether oxygens (including phenoxy) is 2. The van der Waals surface area contributed by atoms with Crippen LogP contribution in [0.2, 0.25) is 0 Å². The highest BCUT2D eigenvalue weighted by Gasteiger charge is 2.15. The van der Waals surface area contributed by atoms with Gasteiger partial charge in [0.15, 0.2) is 6.61 Å². The molecule has 162 valence electrons.